The van der Waals surface area contributed by atoms with Gasteiger partial charge in [0.25, 0.3) is 0 Å². The molecule has 31 heavy (non-hydrogen) atoms. The summed E-state index contributed by atoms with van der Waals surface area (Å²) in [5, 5.41) is 10.0. The highest BCUT2D eigenvalue weighted by Crippen LogP contribution is 2.47. The highest BCUT2D eigenvalue weighted by molar-refractivity contribution is 5.48. The van der Waals surface area contributed by atoms with Gasteiger partial charge in [0.1, 0.15) is 18.1 Å². The first-order valence-corrected chi connectivity index (χ1v) is 11.6. The van der Waals surface area contributed by atoms with Gasteiger partial charge in [0, 0.05) is 12.5 Å². The third-order valence-electron chi connectivity index (χ3n) is 6.93. The summed E-state index contributed by atoms with van der Waals surface area (Å²) in [6.07, 6.45) is 4.71. The summed E-state index contributed by atoms with van der Waals surface area (Å²) in [6, 6.07) is 25.4. The molecule has 5 rings (SSSR count). The summed E-state index contributed by atoms with van der Waals surface area (Å²) < 4.78 is 6.03. The van der Waals surface area contributed by atoms with Gasteiger partial charge >= 0.3 is 0 Å². The Balaban J connectivity index is 1.38. The predicted octanol–water partition coefficient (Wildman–Crippen LogP) is 5.73. The van der Waals surface area contributed by atoms with E-state index in [4.69, 9.17) is 4.74 Å². The van der Waals surface area contributed by atoms with Crippen LogP contribution in [-0.4, -0.2) is 36.2 Å². The third-order valence-corrected chi connectivity index (χ3v) is 6.93. The van der Waals surface area contributed by atoms with E-state index in [1.54, 1.807) is 0 Å². The monoisotopic (exact) mass is 413 g/mol. The zero-order chi connectivity index (χ0) is 21.0. The van der Waals surface area contributed by atoms with Gasteiger partial charge < -0.3 is 9.84 Å². The number of aromatic hydroxyl groups is 1. The lowest BCUT2D eigenvalue weighted by molar-refractivity contribution is 0.237. The zero-order valence-corrected chi connectivity index (χ0v) is 18.0. The molecule has 0 aromatic heterocycles. The first kappa shape index (κ1) is 20.1. The van der Waals surface area contributed by atoms with E-state index in [0.717, 1.165) is 31.7 Å². The number of likely N-dealkylation sites (tertiary alicyclic amines) is 1. The Morgan fingerprint density at radius 2 is 1.65 bits per heavy atom. The zero-order valence-electron chi connectivity index (χ0n) is 18.0. The normalized spacial score (nSPS) is 21.0. The molecule has 3 nitrogen and oxygen atoms in total. The van der Waals surface area contributed by atoms with Crippen LogP contribution in [0, 0.1) is 0 Å². The minimum atomic E-state index is 0.283. The summed E-state index contributed by atoms with van der Waals surface area (Å²) in [6.45, 7) is 4.18. The van der Waals surface area contributed by atoms with E-state index in [-0.39, 0.29) is 5.92 Å². The van der Waals surface area contributed by atoms with E-state index in [1.165, 1.54) is 48.2 Å². The van der Waals surface area contributed by atoms with Gasteiger partial charge in [0.2, 0.25) is 0 Å². The number of ether oxygens (including phenoxy) is 1. The molecule has 3 aromatic rings. The van der Waals surface area contributed by atoms with Crippen molar-refractivity contribution in [2.24, 2.45) is 0 Å². The van der Waals surface area contributed by atoms with Crippen LogP contribution in [0.1, 0.15) is 53.4 Å². The number of nitrogens with zero attached hydrogens (tertiary/aromatic N) is 1. The fraction of sp³-hybridized carbons (Fsp3) is 0.357. The molecule has 3 heteroatoms. The van der Waals surface area contributed by atoms with Gasteiger partial charge in [-0.05, 0) is 91.2 Å². The largest absolute Gasteiger partial charge is 0.508 e. The van der Waals surface area contributed by atoms with E-state index in [2.05, 4.69) is 65.6 Å². The van der Waals surface area contributed by atoms with Crippen LogP contribution < -0.4 is 4.74 Å². The quantitative estimate of drug-likeness (QED) is 0.560. The van der Waals surface area contributed by atoms with Crippen LogP contribution >= 0.6 is 0 Å². The maximum absolute atomic E-state index is 10.0. The topological polar surface area (TPSA) is 32.7 Å². The number of hydrogen-bond acceptors (Lipinski definition) is 3. The van der Waals surface area contributed by atoms with Gasteiger partial charge in [-0.1, -0.05) is 48.5 Å². The van der Waals surface area contributed by atoms with Crippen molar-refractivity contribution < 1.29 is 9.84 Å². The van der Waals surface area contributed by atoms with Gasteiger partial charge in [0.15, 0.2) is 0 Å². The number of rotatable bonds is 6. The van der Waals surface area contributed by atoms with E-state index in [0.29, 0.717) is 11.7 Å². The lowest BCUT2D eigenvalue weighted by atomic mass is 9.69. The van der Waals surface area contributed by atoms with Crippen LogP contribution in [0.4, 0.5) is 0 Å². The second kappa shape index (κ2) is 9.15. The lowest BCUT2D eigenvalue weighted by Gasteiger charge is -2.35. The molecule has 160 valence electrons. The second-order valence-electron chi connectivity index (χ2n) is 8.88. The van der Waals surface area contributed by atoms with Gasteiger partial charge in [-0.2, -0.15) is 0 Å². The molecular formula is C28H31NO2. The Hall–Kier alpha value is -2.78. The minimum absolute atomic E-state index is 0.283. The van der Waals surface area contributed by atoms with Gasteiger partial charge in [-0.15, -0.1) is 0 Å². The molecular weight excluding hydrogens is 382 g/mol. The molecule has 2 aliphatic rings. The van der Waals surface area contributed by atoms with Crippen LogP contribution in [0.5, 0.6) is 11.5 Å². The molecule has 1 N–H and O–H groups in total. The van der Waals surface area contributed by atoms with Gasteiger partial charge in [0.05, 0.1) is 0 Å². The van der Waals surface area contributed by atoms with Crippen molar-refractivity contribution in [1.82, 2.24) is 4.90 Å². The number of benzene rings is 3. The molecule has 0 saturated carbocycles. The summed E-state index contributed by atoms with van der Waals surface area (Å²) in [4.78, 5) is 2.48. The van der Waals surface area contributed by atoms with Crippen LogP contribution in [0.2, 0.25) is 0 Å². The second-order valence-corrected chi connectivity index (χ2v) is 8.88. The average molecular weight is 414 g/mol. The Morgan fingerprint density at radius 3 is 2.42 bits per heavy atom. The molecule has 3 aromatic carbocycles. The lowest BCUT2D eigenvalue weighted by Crippen LogP contribution is -2.25. The Labute approximate surface area is 185 Å². The van der Waals surface area contributed by atoms with Crippen LogP contribution in [-0.2, 0) is 6.42 Å². The summed E-state index contributed by atoms with van der Waals surface area (Å²) in [5.41, 5.74) is 5.30. The van der Waals surface area contributed by atoms with Crippen LogP contribution in [0.25, 0.3) is 0 Å². The molecule has 0 amide bonds. The van der Waals surface area contributed by atoms with E-state index < -0.39 is 0 Å². The summed E-state index contributed by atoms with van der Waals surface area (Å²) in [5.74, 6) is 2.02. The first-order valence-electron chi connectivity index (χ1n) is 11.6. The smallest absolute Gasteiger partial charge is 0.119 e. The maximum atomic E-state index is 10.0. The standard InChI is InChI=1S/C28H31NO2/c30-24-11-15-27-23(20-24)10-14-26(21-6-2-1-3-7-21)28(27)22-8-12-25(13-9-22)31-19-18-29-16-4-5-17-29/h1-3,6-9,11-13,15,20,26,28,30H,4-5,10,14,16-19H2/t26-,28-/m1/s1. The molecule has 0 unspecified atom stereocenters. The molecule has 1 aliphatic heterocycles. The van der Waals surface area contributed by atoms with Crippen molar-refractivity contribution in [2.75, 3.05) is 26.2 Å². The highest BCUT2D eigenvalue weighted by Gasteiger charge is 2.32. The number of phenols is 1. The SMILES string of the molecule is Oc1ccc2c(c1)CC[C@H](c1ccccc1)[C@H]2c1ccc(OCCN2CCCC2)cc1. The van der Waals surface area contributed by atoms with Crippen molar-refractivity contribution in [3.63, 3.8) is 0 Å². The Kier molecular flexibility index (Phi) is 5.95. The average Bonchev–Trinajstić information content (AvgIpc) is 3.33. The summed E-state index contributed by atoms with van der Waals surface area (Å²) >= 11 is 0. The van der Waals surface area contributed by atoms with E-state index in [9.17, 15) is 5.11 Å². The van der Waals surface area contributed by atoms with Crippen molar-refractivity contribution in [3.05, 3.63) is 95.1 Å². The van der Waals surface area contributed by atoms with Gasteiger partial charge in [-0.3, -0.25) is 4.90 Å². The molecule has 1 aliphatic carbocycles. The molecule has 2 atom stereocenters. The van der Waals surface area contributed by atoms with Crippen molar-refractivity contribution in [2.45, 2.75) is 37.5 Å². The number of phenolic OH excluding ortho intramolecular Hbond substituents is 1. The maximum Gasteiger partial charge on any atom is 0.119 e. The third kappa shape index (κ3) is 4.47. The highest BCUT2D eigenvalue weighted by atomic mass is 16.5. The van der Waals surface area contributed by atoms with E-state index in [1.807, 2.05) is 12.1 Å². The van der Waals surface area contributed by atoms with Crippen molar-refractivity contribution >= 4 is 0 Å². The molecule has 0 bridgehead atoms. The molecule has 0 radical (unpaired) electrons. The molecule has 1 fully saturated rings. The minimum Gasteiger partial charge on any atom is -0.508 e. The number of fused-ring (bicyclic) bond motifs is 1. The van der Waals surface area contributed by atoms with Crippen LogP contribution in [0.15, 0.2) is 72.8 Å². The van der Waals surface area contributed by atoms with E-state index >= 15 is 0 Å². The molecule has 1 saturated heterocycles. The number of hydrogen-bond donors (Lipinski definition) is 1. The molecule has 0 spiro atoms. The Bertz CT molecular complexity index is 993. The van der Waals surface area contributed by atoms with Crippen molar-refractivity contribution in [1.29, 1.82) is 0 Å². The number of aryl methyl sites for hydroxylation is 1. The first-order chi connectivity index (χ1) is 15.3. The van der Waals surface area contributed by atoms with Crippen LogP contribution in [0.3, 0.4) is 0 Å². The fourth-order valence-corrected chi connectivity index (χ4v) is 5.35. The predicted molar refractivity (Wildman–Crippen MR) is 125 cm³/mol. The fourth-order valence-electron chi connectivity index (χ4n) is 5.35. The van der Waals surface area contributed by atoms with Gasteiger partial charge in [-0.25, -0.2) is 0 Å². The Morgan fingerprint density at radius 1 is 0.871 bits per heavy atom. The summed E-state index contributed by atoms with van der Waals surface area (Å²) in [7, 11) is 0. The molecule has 1 heterocycles. The van der Waals surface area contributed by atoms with Crippen molar-refractivity contribution in [3.8, 4) is 11.5 Å².